The van der Waals surface area contributed by atoms with Crippen LogP contribution in [0.25, 0.3) is 0 Å². The lowest BCUT2D eigenvalue weighted by molar-refractivity contribution is 0.559. The Morgan fingerprint density at radius 3 is 2.68 bits per heavy atom. The zero-order valence-corrected chi connectivity index (χ0v) is 12.5. The van der Waals surface area contributed by atoms with Crippen molar-refractivity contribution in [1.29, 1.82) is 0 Å². The number of anilines is 1. The second kappa shape index (κ2) is 6.48. The van der Waals surface area contributed by atoms with Gasteiger partial charge in [-0.15, -0.1) is 18.3 Å². The standard InChI is InChI=1S/C14H19NO2S2/c1-2-9-18-14-6-4-3-5-13(14)15-12-7-10-19(16,17)11-8-12/h2-6,12,15H,1,7-11H2. The Balaban J connectivity index is 2.01. The molecule has 0 saturated carbocycles. The van der Waals surface area contributed by atoms with Crippen molar-refractivity contribution < 1.29 is 8.42 Å². The smallest absolute Gasteiger partial charge is 0.150 e. The van der Waals surface area contributed by atoms with E-state index in [-0.39, 0.29) is 6.04 Å². The molecular formula is C14H19NO2S2. The van der Waals surface area contributed by atoms with E-state index in [1.165, 1.54) is 4.90 Å². The summed E-state index contributed by atoms with van der Waals surface area (Å²) in [5, 5.41) is 3.48. The van der Waals surface area contributed by atoms with E-state index in [0.717, 1.165) is 11.4 Å². The van der Waals surface area contributed by atoms with Gasteiger partial charge in [-0.1, -0.05) is 18.2 Å². The van der Waals surface area contributed by atoms with E-state index >= 15 is 0 Å². The maximum absolute atomic E-state index is 11.4. The monoisotopic (exact) mass is 297 g/mol. The SMILES string of the molecule is C=CCSc1ccccc1NC1CCS(=O)(=O)CC1. The summed E-state index contributed by atoms with van der Waals surface area (Å²) in [6, 6.07) is 8.40. The summed E-state index contributed by atoms with van der Waals surface area (Å²) < 4.78 is 22.8. The van der Waals surface area contributed by atoms with Crippen LogP contribution in [0.4, 0.5) is 5.69 Å². The van der Waals surface area contributed by atoms with E-state index in [1.807, 2.05) is 18.2 Å². The summed E-state index contributed by atoms with van der Waals surface area (Å²) in [5.41, 5.74) is 1.10. The van der Waals surface area contributed by atoms with Crippen LogP contribution in [0.15, 0.2) is 41.8 Å². The van der Waals surface area contributed by atoms with Crippen molar-refractivity contribution in [3.63, 3.8) is 0 Å². The van der Waals surface area contributed by atoms with Gasteiger partial charge in [0.05, 0.1) is 11.5 Å². The van der Waals surface area contributed by atoms with Gasteiger partial charge in [-0.3, -0.25) is 0 Å². The van der Waals surface area contributed by atoms with Crippen LogP contribution in [0, 0.1) is 0 Å². The number of thioether (sulfide) groups is 1. The molecule has 0 atom stereocenters. The normalized spacial score (nSPS) is 18.9. The molecule has 0 amide bonds. The predicted molar refractivity (Wildman–Crippen MR) is 82.7 cm³/mol. The van der Waals surface area contributed by atoms with Crippen molar-refractivity contribution in [2.24, 2.45) is 0 Å². The third-order valence-electron chi connectivity index (χ3n) is 3.16. The number of rotatable bonds is 5. The summed E-state index contributed by atoms with van der Waals surface area (Å²) in [7, 11) is -2.79. The van der Waals surface area contributed by atoms with Gasteiger partial charge in [0.25, 0.3) is 0 Å². The number of hydrogen-bond acceptors (Lipinski definition) is 4. The lowest BCUT2D eigenvalue weighted by Gasteiger charge is -2.25. The molecule has 0 bridgehead atoms. The Kier molecular flexibility index (Phi) is 4.93. The molecule has 1 fully saturated rings. The maximum Gasteiger partial charge on any atom is 0.150 e. The molecule has 19 heavy (non-hydrogen) atoms. The zero-order valence-electron chi connectivity index (χ0n) is 10.8. The Bertz CT molecular complexity index is 526. The van der Waals surface area contributed by atoms with Gasteiger partial charge in [0.2, 0.25) is 0 Å². The van der Waals surface area contributed by atoms with Crippen LogP contribution in [-0.2, 0) is 9.84 Å². The molecule has 0 unspecified atom stereocenters. The molecule has 104 valence electrons. The maximum atomic E-state index is 11.4. The first-order valence-corrected chi connectivity index (χ1v) is 9.21. The first-order chi connectivity index (χ1) is 9.11. The van der Waals surface area contributed by atoms with Crippen LogP contribution in [-0.4, -0.2) is 31.7 Å². The number of nitrogens with one attached hydrogen (secondary N) is 1. The predicted octanol–water partition coefficient (Wildman–Crippen LogP) is 2.95. The highest BCUT2D eigenvalue weighted by Crippen LogP contribution is 2.29. The van der Waals surface area contributed by atoms with Crippen molar-refractivity contribution in [3.05, 3.63) is 36.9 Å². The van der Waals surface area contributed by atoms with Crippen LogP contribution in [0.3, 0.4) is 0 Å². The number of benzene rings is 1. The number of para-hydroxylation sites is 1. The van der Waals surface area contributed by atoms with E-state index in [0.29, 0.717) is 24.3 Å². The summed E-state index contributed by atoms with van der Waals surface area (Å²) in [5.74, 6) is 1.47. The molecule has 1 heterocycles. The van der Waals surface area contributed by atoms with E-state index in [4.69, 9.17) is 0 Å². The van der Waals surface area contributed by atoms with E-state index in [9.17, 15) is 8.42 Å². The van der Waals surface area contributed by atoms with Crippen molar-refractivity contribution in [1.82, 2.24) is 0 Å². The van der Waals surface area contributed by atoms with Crippen LogP contribution < -0.4 is 5.32 Å². The van der Waals surface area contributed by atoms with E-state index in [2.05, 4.69) is 24.0 Å². The summed E-state index contributed by atoms with van der Waals surface area (Å²) in [4.78, 5) is 1.19. The summed E-state index contributed by atoms with van der Waals surface area (Å²) >= 11 is 1.74. The minimum atomic E-state index is -2.79. The molecule has 1 saturated heterocycles. The van der Waals surface area contributed by atoms with Crippen molar-refractivity contribution >= 4 is 27.3 Å². The van der Waals surface area contributed by atoms with Gasteiger partial charge in [0.15, 0.2) is 0 Å². The molecule has 1 aliphatic heterocycles. The fourth-order valence-corrected chi connectivity index (χ4v) is 4.36. The molecule has 0 radical (unpaired) electrons. The van der Waals surface area contributed by atoms with E-state index in [1.54, 1.807) is 11.8 Å². The lowest BCUT2D eigenvalue weighted by atomic mass is 10.1. The first kappa shape index (κ1) is 14.5. The highest BCUT2D eigenvalue weighted by Gasteiger charge is 2.23. The van der Waals surface area contributed by atoms with Crippen LogP contribution >= 0.6 is 11.8 Å². The Hall–Kier alpha value is -0.940. The molecule has 3 nitrogen and oxygen atoms in total. The molecule has 0 spiro atoms. The Morgan fingerprint density at radius 2 is 2.00 bits per heavy atom. The van der Waals surface area contributed by atoms with Gasteiger partial charge >= 0.3 is 0 Å². The fourth-order valence-electron chi connectivity index (χ4n) is 2.11. The third-order valence-corrected chi connectivity index (χ3v) is 5.94. The van der Waals surface area contributed by atoms with Gasteiger partial charge < -0.3 is 5.32 Å². The Morgan fingerprint density at radius 1 is 1.32 bits per heavy atom. The molecule has 1 N–H and O–H groups in total. The number of sulfone groups is 1. The average Bonchev–Trinajstić information content (AvgIpc) is 2.40. The lowest BCUT2D eigenvalue weighted by Crippen LogP contribution is -2.32. The molecule has 1 aliphatic rings. The summed E-state index contributed by atoms with van der Waals surface area (Å²) in [6.07, 6.45) is 3.28. The average molecular weight is 297 g/mol. The molecule has 1 aromatic carbocycles. The largest absolute Gasteiger partial charge is 0.381 e. The van der Waals surface area contributed by atoms with Crippen LogP contribution in [0.1, 0.15) is 12.8 Å². The van der Waals surface area contributed by atoms with Gasteiger partial charge in [0.1, 0.15) is 9.84 Å². The topological polar surface area (TPSA) is 46.2 Å². The van der Waals surface area contributed by atoms with Crippen molar-refractivity contribution in [3.8, 4) is 0 Å². The second-order valence-corrected chi connectivity index (χ2v) is 8.03. The van der Waals surface area contributed by atoms with Gasteiger partial charge in [-0.25, -0.2) is 8.42 Å². The fraction of sp³-hybridized carbons (Fsp3) is 0.429. The van der Waals surface area contributed by atoms with Gasteiger partial charge in [-0.2, -0.15) is 0 Å². The van der Waals surface area contributed by atoms with Crippen molar-refractivity contribution in [2.75, 3.05) is 22.6 Å². The number of hydrogen-bond donors (Lipinski definition) is 1. The molecule has 5 heteroatoms. The third kappa shape index (κ3) is 4.28. The highest BCUT2D eigenvalue weighted by atomic mass is 32.2. The van der Waals surface area contributed by atoms with Crippen LogP contribution in [0.5, 0.6) is 0 Å². The molecule has 0 aliphatic carbocycles. The Labute approximate surface area is 119 Å². The quantitative estimate of drug-likeness (QED) is 0.670. The minimum Gasteiger partial charge on any atom is -0.381 e. The van der Waals surface area contributed by atoms with Crippen molar-refractivity contribution in [2.45, 2.75) is 23.8 Å². The highest BCUT2D eigenvalue weighted by molar-refractivity contribution is 7.99. The van der Waals surface area contributed by atoms with Crippen LogP contribution in [0.2, 0.25) is 0 Å². The zero-order chi connectivity index (χ0) is 13.7. The molecule has 1 aromatic rings. The molecule has 0 aromatic heterocycles. The second-order valence-electron chi connectivity index (χ2n) is 4.67. The summed E-state index contributed by atoms with van der Waals surface area (Å²) in [6.45, 7) is 3.73. The van der Waals surface area contributed by atoms with Gasteiger partial charge in [-0.05, 0) is 25.0 Å². The minimum absolute atomic E-state index is 0.258. The first-order valence-electron chi connectivity index (χ1n) is 6.40. The van der Waals surface area contributed by atoms with Gasteiger partial charge in [0, 0.05) is 22.4 Å². The molecule has 2 rings (SSSR count). The molecular weight excluding hydrogens is 278 g/mol. The van der Waals surface area contributed by atoms with E-state index < -0.39 is 9.84 Å².